The number of rotatable bonds is 11. The van der Waals surface area contributed by atoms with Crippen molar-refractivity contribution in [2.45, 2.75) is 17.7 Å². The molecule has 0 amide bonds. The van der Waals surface area contributed by atoms with Gasteiger partial charge in [0.05, 0.1) is 30.1 Å². The number of sulfonamides is 1. The van der Waals surface area contributed by atoms with E-state index in [1.807, 2.05) is 29.3 Å². The zero-order chi connectivity index (χ0) is 29.7. The molecule has 5 rings (SSSR count). The summed E-state index contributed by atoms with van der Waals surface area (Å²) in [5.41, 5.74) is 3.21. The Hall–Kier alpha value is -5.10. The molecule has 12 heteroatoms. The van der Waals surface area contributed by atoms with Crippen LogP contribution in [0.3, 0.4) is 0 Å². The van der Waals surface area contributed by atoms with Gasteiger partial charge in [0, 0.05) is 48.7 Å². The number of carbonyl (C=O) groups is 1. The van der Waals surface area contributed by atoms with Gasteiger partial charge in [-0.05, 0) is 48.4 Å². The molecule has 0 bridgehead atoms. The minimum atomic E-state index is -4.10. The number of allylic oxidation sites excluding steroid dienone is 2. The first-order valence-electron chi connectivity index (χ1n) is 13.0. The topological polar surface area (TPSA) is 143 Å². The van der Waals surface area contributed by atoms with Gasteiger partial charge in [0.15, 0.2) is 11.6 Å². The SMILES string of the molecule is COc1cc(Nc2nc3ccccc3nc2NS(=O)(=O)c2cccc(N3C=CC=C(CCC(=O)O)C3)c2)cc(OC)c1. The Balaban J connectivity index is 1.45. The first-order chi connectivity index (χ1) is 20.2. The number of nitrogens with zero attached hydrogens (tertiary/aromatic N) is 3. The Bertz CT molecular complexity index is 1780. The summed E-state index contributed by atoms with van der Waals surface area (Å²) >= 11 is 0. The largest absolute Gasteiger partial charge is 0.497 e. The third-order valence-corrected chi connectivity index (χ3v) is 7.84. The van der Waals surface area contributed by atoms with Crippen LogP contribution in [-0.4, -0.2) is 50.2 Å². The first kappa shape index (κ1) is 28.4. The Morgan fingerprint density at radius 3 is 2.31 bits per heavy atom. The quantitative estimate of drug-likeness (QED) is 0.211. The van der Waals surface area contributed by atoms with Crippen molar-refractivity contribution in [2.24, 2.45) is 0 Å². The van der Waals surface area contributed by atoms with Crippen molar-refractivity contribution >= 4 is 50.0 Å². The van der Waals surface area contributed by atoms with Crippen molar-refractivity contribution in [2.75, 3.05) is 35.7 Å². The van der Waals surface area contributed by atoms with E-state index in [-0.39, 0.29) is 23.0 Å². The summed E-state index contributed by atoms with van der Waals surface area (Å²) in [7, 11) is -1.03. The third-order valence-electron chi connectivity index (χ3n) is 6.51. The van der Waals surface area contributed by atoms with Gasteiger partial charge < -0.3 is 24.8 Å². The molecule has 42 heavy (non-hydrogen) atoms. The molecule has 0 unspecified atom stereocenters. The summed E-state index contributed by atoms with van der Waals surface area (Å²) in [5, 5.41) is 12.2. The van der Waals surface area contributed by atoms with Crippen LogP contribution in [0.25, 0.3) is 11.0 Å². The molecule has 0 fully saturated rings. The van der Waals surface area contributed by atoms with Gasteiger partial charge in [-0.1, -0.05) is 24.3 Å². The van der Waals surface area contributed by atoms with Crippen LogP contribution >= 0.6 is 0 Å². The molecular weight excluding hydrogens is 558 g/mol. The van der Waals surface area contributed by atoms with E-state index < -0.39 is 16.0 Å². The number of aliphatic carboxylic acids is 1. The molecule has 1 aliphatic heterocycles. The lowest BCUT2D eigenvalue weighted by Gasteiger charge is -2.25. The van der Waals surface area contributed by atoms with Crippen molar-refractivity contribution in [1.29, 1.82) is 0 Å². The number of methoxy groups -OCH3 is 2. The van der Waals surface area contributed by atoms with Gasteiger partial charge in [-0.15, -0.1) is 0 Å². The van der Waals surface area contributed by atoms with E-state index in [0.29, 0.717) is 46.9 Å². The van der Waals surface area contributed by atoms with Gasteiger partial charge in [0.1, 0.15) is 11.5 Å². The van der Waals surface area contributed by atoms with E-state index in [0.717, 1.165) is 5.57 Å². The molecule has 11 nitrogen and oxygen atoms in total. The Morgan fingerprint density at radius 1 is 0.952 bits per heavy atom. The van der Waals surface area contributed by atoms with Crippen molar-refractivity contribution in [3.05, 3.63) is 90.7 Å². The minimum absolute atomic E-state index is 0.0117. The molecule has 2 heterocycles. The molecule has 4 aromatic rings. The number of hydrogen-bond acceptors (Lipinski definition) is 9. The van der Waals surface area contributed by atoms with Crippen LogP contribution in [0, 0.1) is 0 Å². The lowest BCUT2D eigenvalue weighted by molar-refractivity contribution is -0.136. The molecule has 1 aliphatic rings. The number of benzene rings is 3. The van der Waals surface area contributed by atoms with E-state index in [1.165, 1.54) is 20.3 Å². The molecule has 216 valence electrons. The second-order valence-corrected chi connectivity index (χ2v) is 11.1. The highest BCUT2D eigenvalue weighted by atomic mass is 32.2. The Morgan fingerprint density at radius 2 is 1.64 bits per heavy atom. The van der Waals surface area contributed by atoms with Gasteiger partial charge in [0.2, 0.25) is 0 Å². The molecule has 0 spiro atoms. The monoisotopic (exact) mass is 587 g/mol. The zero-order valence-electron chi connectivity index (χ0n) is 22.9. The van der Waals surface area contributed by atoms with Gasteiger partial charge >= 0.3 is 5.97 Å². The van der Waals surface area contributed by atoms with Crippen LogP contribution in [0.2, 0.25) is 0 Å². The van der Waals surface area contributed by atoms with Gasteiger partial charge in [0.25, 0.3) is 10.0 Å². The van der Waals surface area contributed by atoms with Crippen molar-refractivity contribution in [3.8, 4) is 11.5 Å². The number of anilines is 4. The summed E-state index contributed by atoms with van der Waals surface area (Å²) in [5.74, 6) is 0.412. The summed E-state index contributed by atoms with van der Waals surface area (Å²) in [4.78, 5) is 22.1. The minimum Gasteiger partial charge on any atom is -0.497 e. The number of aromatic nitrogens is 2. The summed E-state index contributed by atoms with van der Waals surface area (Å²) in [6.45, 7) is 0.453. The van der Waals surface area contributed by atoms with Crippen LogP contribution in [0.5, 0.6) is 11.5 Å². The fourth-order valence-electron chi connectivity index (χ4n) is 4.40. The Labute approximate surface area is 243 Å². The van der Waals surface area contributed by atoms with Crippen LogP contribution in [0.1, 0.15) is 12.8 Å². The second kappa shape index (κ2) is 12.2. The fourth-order valence-corrected chi connectivity index (χ4v) is 5.45. The highest BCUT2D eigenvalue weighted by Crippen LogP contribution is 2.32. The number of ether oxygens (including phenoxy) is 2. The average molecular weight is 588 g/mol. The molecule has 1 aromatic heterocycles. The zero-order valence-corrected chi connectivity index (χ0v) is 23.8. The molecule has 0 aliphatic carbocycles. The predicted octanol–water partition coefficient (Wildman–Crippen LogP) is 5.32. The average Bonchev–Trinajstić information content (AvgIpc) is 3.00. The normalized spacial score (nSPS) is 13.0. The highest BCUT2D eigenvalue weighted by molar-refractivity contribution is 7.92. The predicted molar refractivity (Wildman–Crippen MR) is 161 cm³/mol. The maximum Gasteiger partial charge on any atom is 0.303 e. The van der Waals surface area contributed by atoms with Gasteiger partial charge in [-0.3, -0.25) is 9.52 Å². The number of nitrogens with one attached hydrogen (secondary N) is 2. The standard InChI is InChI=1S/C30H29N5O6S/c1-40-23-15-21(16-24(18-23)41-2)31-29-30(33-27-11-4-3-10-26(27)32-29)34-42(38,39)25-9-5-8-22(17-25)35-14-6-7-20(19-35)12-13-28(36)37/h3-11,14-18H,12-13,19H2,1-2H3,(H,31,32)(H,33,34)(H,36,37). The fraction of sp³-hybridized carbons (Fsp3) is 0.167. The maximum absolute atomic E-state index is 13.7. The molecule has 3 aromatic carbocycles. The number of hydrogen-bond donors (Lipinski definition) is 3. The van der Waals surface area contributed by atoms with Crippen LogP contribution < -0.4 is 24.4 Å². The van der Waals surface area contributed by atoms with E-state index in [4.69, 9.17) is 14.6 Å². The number of carboxylic acids is 1. The second-order valence-electron chi connectivity index (χ2n) is 9.43. The van der Waals surface area contributed by atoms with Gasteiger partial charge in [-0.25, -0.2) is 18.4 Å². The van der Waals surface area contributed by atoms with Crippen molar-refractivity contribution in [1.82, 2.24) is 9.97 Å². The van der Waals surface area contributed by atoms with Crippen LogP contribution in [-0.2, 0) is 14.8 Å². The summed E-state index contributed by atoms with van der Waals surface area (Å²) in [6.07, 6.45) is 5.95. The van der Waals surface area contributed by atoms with E-state index in [9.17, 15) is 13.2 Å². The lowest BCUT2D eigenvalue weighted by Crippen LogP contribution is -2.22. The lowest BCUT2D eigenvalue weighted by atomic mass is 10.1. The molecule has 0 saturated carbocycles. The number of para-hydroxylation sites is 2. The number of fused-ring (bicyclic) bond motifs is 1. The molecule has 0 atom stereocenters. The number of carboxylic acid groups (broad SMARTS) is 1. The summed E-state index contributed by atoms with van der Waals surface area (Å²) in [6, 6.07) is 18.8. The third kappa shape index (κ3) is 6.61. The van der Waals surface area contributed by atoms with Crippen molar-refractivity contribution in [3.63, 3.8) is 0 Å². The summed E-state index contributed by atoms with van der Waals surface area (Å²) < 4.78 is 40.6. The maximum atomic E-state index is 13.7. The smallest absolute Gasteiger partial charge is 0.303 e. The molecule has 0 saturated heterocycles. The molecule has 0 radical (unpaired) electrons. The highest BCUT2D eigenvalue weighted by Gasteiger charge is 2.21. The van der Waals surface area contributed by atoms with Gasteiger partial charge in [-0.2, -0.15) is 0 Å². The molecule has 3 N–H and O–H groups in total. The van der Waals surface area contributed by atoms with E-state index >= 15 is 0 Å². The Kier molecular flexibility index (Phi) is 8.25. The van der Waals surface area contributed by atoms with E-state index in [2.05, 4.69) is 20.0 Å². The van der Waals surface area contributed by atoms with Crippen molar-refractivity contribution < 1.29 is 27.8 Å². The molecular formula is C30H29N5O6S. The van der Waals surface area contributed by atoms with Crippen LogP contribution in [0.15, 0.2) is 95.6 Å². The van der Waals surface area contributed by atoms with Crippen LogP contribution in [0.4, 0.5) is 23.0 Å². The first-order valence-corrected chi connectivity index (χ1v) is 14.5. The van der Waals surface area contributed by atoms with E-state index in [1.54, 1.807) is 54.6 Å².